The number of anilines is 1. The molecule has 2 aromatic carbocycles. The number of rotatable bonds is 8. The van der Waals surface area contributed by atoms with E-state index in [0.717, 1.165) is 56.9 Å². The Balaban J connectivity index is 1.29. The van der Waals surface area contributed by atoms with E-state index in [1.807, 2.05) is 37.3 Å². The fourth-order valence-electron chi connectivity index (χ4n) is 3.51. The molecule has 148 valence electrons. The summed E-state index contributed by atoms with van der Waals surface area (Å²) in [6.45, 7) is 8.38. The van der Waals surface area contributed by atoms with Crippen LogP contribution in [0.3, 0.4) is 0 Å². The fourth-order valence-corrected chi connectivity index (χ4v) is 3.51. The average Bonchev–Trinajstić information content (AvgIpc) is 2.70. The number of hydrogen-bond donors (Lipinski definition) is 1. The molecule has 3 rings (SSSR count). The predicted octanol–water partition coefficient (Wildman–Crippen LogP) is 4.04. The third kappa shape index (κ3) is 6.95. The lowest BCUT2D eigenvalue weighted by molar-refractivity contribution is -0.116. The summed E-state index contributed by atoms with van der Waals surface area (Å²) in [7, 11) is 0. The van der Waals surface area contributed by atoms with Crippen LogP contribution < -0.4 is 5.32 Å². The fraction of sp³-hybridized carbons (Fsp3) is 0.375. The molecule has 2 aromatic rings. The molecule has 1 amide bonds. The minimum atomic E-state index is 0.107. The van der Waals surface area contributed by atoms with Crippen molar-refractivity contribution in [3.63, 3.8) is 0 Å². The van der Waals surface area contributed by atoms with E-state index in [4.69, 9.17) is 0 Å². The van der Waals surface area contributed by atoms with Gasteiger partial charge in [-0.25, -0.2) is 0 Å². The first-order valence-electron chi connectivity index (χ1n) is 10.2. The summed E-state index contributed by atoms with van der Waals surface area (Å²) in [5, 5.41) is 2.99. The van der Waals surface area contributed by atoms with Gasteiger partial charge < -0.3 is 10.2 Å². The van der Waals surface area contributed by atoms with Crippen LogP contribution in [0.2, 0.25) is 0 Å². The van der Waals surface area contributed by atoms with Crippen LogP contribution in [0.25, 0.3) is 6.08 Å². The van der Waals surface area contributed by atoms with Crippen molar-refractivity contribution in [1.82, 2.24) is 9.80 Å². The second-order valence-electron chi connectivity index (χ2n) is 7.48. The number of amides is 1. The topological polar surface area (TPSA) is 35.6 Å². The molecule has 0 aromatic heterocycles. The number of carbonyl (C=O) groups is 1. The van der Waals surface area contributed by atoms with Gasteiger partial charge in [0.25, 0.3) is 0 Å². The number of benzene rings is 2. The van der Waals surface area contributed by atoms with Crippen LogP contribution in [-0.4, -0.2) is 55.0 Å². The molecule has 1 saturated heterocycles. The van der Waals surface area contributed by atoms with E-state index in [2.05, 4.69) is 51.5 Å². The van der Waals surface area contributed by atoms with E-state index in [9.17, 15) is 4.79 Å². The first-order chi connectivity index (χ1) is 13.7. The van der Waals surface area contributed by atoms with Crippen LogP contribution in [0, 0.1) is 6.92 Å². The molecule has 1 fully saturated rings. The molecular formula is C24H31N3O. The van der Waals surface area contributed by atoms with Crippen molar-refractivity contribution in [2.24, 2.45) is 0 Å². The zero-order valence-electron chi connectivity index (χ0n) is 16.8. The molecule has 0 bridgehead atoms. The van der Waals surface area contributed by atoms with Crippen LogP contribution in [0.15, 0.2) is 60.7 Å². The zero-order valence-corrected chi connectivity index (χ0v) is 16.8. The highest BCUT2D eigenvalue weighted by Gasteiger charge is 2.15. The summed E-state index contributed by atoms with van der Waals surface area (Å²) in [5.41, 5.74) is 3.31. The molecule has 1 aliphatic heterocycles. The summed E-state index contributed by atoms with van der Waals surface area (Å²) in [4.78, 5) is 17.1. The third-order valence-electron chi connectivity index (χ3n) is 5.12. The Kier molecular flexibility index (Phi) is 7.82. The lowest BCUT2D eigenvalue weighted by Gasteiger charge is -2.34. The Hall–Kier alpha value is -2.43. The van der Waals surface area contributed by atoms with Gasteiger partial charge in [-0.2, -0.15) is 0 Å². The van der Waals surface area contributed by atoms with Crippen molar-refractivity contribution in [2.75, 3.05) is 44.6 Å². The maximum atomic E-state index is 12.1. The monoisotopic (exact) mass is 377 g/mol. The van der Waals surface area contributed by atoms with E-state index in [1.165, 1.54) is 5.56 Å². The second-order valence-corrected chi connectivity index (χ2v) is 7.48. The van der Waals surface area contributed by atoms with E-state index in [1.54, 1.807) is 0 Å². The predicted molar refractivity (Wildman–Crippen MR) is 117 cm³/mol. The Morgan fingerprint density at radius 3 is 2.50 bits per heavy atom. The van der Waals surface area contributed by atoms with Crippen molar-refractivity contribution in [3.05, 3.63) is 71.8 Å². The summed E-state index contributed by atoms with van der Waals surface area (Å²) < 4.78 is 0. The van der Waals surface area contributed by atoms with E-state index in [0.29, 0.717) is 6.42 Å². The highest BCUT2D eigenvalue weighted by atomic mass is 16.1. The summed E-state index contributed by atoms with van der Waals surface area (Å²) in [6, 6.07) is 18.4. The normalized spacial score (nSPS) is 15.8. The van der Waals surface area contributed by atoms with Gasteiger partial charge in [0.05, 0.1) is 0 Å². The minimum Gasteiger partial charge on any atom is -0.326 e. The minimum absolute atomic E-state index is 0.107. The lowest BCUT2D eigenvalue weighted by Crippen LogP contribution is -2.46. The number of nitrogens with one attached hydrogen (secondary N) is 1. The second kappa shape index (κ2) is 10.8. The Labute approximate surface area is 168 Å². The van der Waals surface area contributed by atoms with Crippen molar-refractivity contribution in [3.8, 4) is 0 Å². The van der Waals surface area contributed by atoms with Gasteiger partial charge in [-0.3, -0.25) is 9.69 Å². The molecule has 1 N–H and O–H groups in total. The van der Waals surface area contributed by atoms with Gasteiger partial charge in [0.2, 0.25) is 5.91 Å². The molecule has 0 aliphatic carbocycles. The molecule has 4 heteroatoms. The number of carbonyl (C=O) groups excluding carboxylic acids is 1. The van der Waals surface area contributed by atoms with Gasteiger partial charge in [-0.15, -0.1) is 0 Å². The average molecular weight is 378 g/mol. The highest BCUT2D eigenvalue weighted by Crippen LogP contribution is 2.11. The van der Waals surface area contributed by atoms with Gasteiger partial charge in [0.1, 0.15) is 0 Å². The Bertz CT molecular complexity index is 764. The number of piperazine rings is 1. The first-order valence-corrected chi connectivity index (χ1v) is 10.2. The SMILES string of the molecule is Cc1cccc(NC(=O)CCCN2CCN(CC=Cc3ccccc3)CC2)c1. The number of hydrogen-bond acceptors (Lipinski definition) is 3. The summed E-state index contributed by atoms with van der Waals surface area (Å²) >= 11 is 0. The number of aryl methyl sites for hydroxylation is 1. The summed E-state index contributed by atoms with van der Waals surface area (Å²) in [5.74, 6) is 0.107. The van der Waals surface area contributed by atoms with E-state index >= 15 is 0 Å². The van der Waals surface area contributed by atoms with Crippen LogP contribution in [0.4, 0.5) is 5.69 Å². The molecular weight excluding hydrogens is 346 g/mol. The van der Waals surface area contributed by atoms with Crippen molar-refractivity contribution in [2.45, 2.75) is 19.8 Å². The van der Waals surface area contributed by atoms with E-state index in [-0.39, 0.29) is 5.91 Å². The maximum absolute atomic E-state index is 12.1. The first kappa shape index (κ1) is 20.3. The summed E-state index contributed by atoms with van der Waals surface area (Å²) in [6.07, 6.45) is 5.93. The molecule has 1 aliphatic rings. The highest BCUT2D eigenvalue weighted by molar-refractivity contribution is 5.90. The van der Waals surface area contributed by atoms with Crippen LogP contribution in [0.5, 0.6) is 0 Å². The molecule has 28 heavy (non-hydrogen) atoms. The quantitative estimate of drug-likeness (QED) is 0.754. The van der Waals surface area contributed by atoms with Gasteiger partial charge in [-0.1, -0.05) is 54.6 Å². The van der Waals surface area contributed by atoms with Gasteiger partial charge >= 0.3 is 0 Å². The molecule has 1 heterocycles. The smallest absolute Gasteiger partial charge is 0.224 e. The standard InChI is InChI=1S/C24H31N3O/c1-21-8-5-12-23(20-21)25-24(28)13-7-15-27-18-16-26(17-19-27)14-6-11-22-9-3-2-4-10-22/h2-6,8-12,20H,7,13-19H2,1H3,(H,25,28). The van der Waals surface area contributed by atoms with Crippen LogP contribution in [0.1, 0.15) is 24.0 Å². The Morgan fingerprint density at radius 2 is 1.75 bits per heavy atom. The number of nitrogens with zero attached hydrogens (tertiary/aromatic N) is 2. The largest absolute Gasteiger partial charge is 0.326 e. The molecule has 0 unspecified atom stereocenters. The van der Waals surface area contributed by atoms with Gasteiger partial charge in [-0.05, 0) is 43.1 Å². The van der Waals surface area contributed by atoms with Gasteiger partial charge in [0, 0.05) is 44.8 Å². The molecule has 4 nitrogen and oxygen atoms in total. The van der Waals surface area contributed by atoms with E-state index < -0.39 is 0 Å². The molecule has 0 radical (unpaired) electrons. The van der Waals surface area contributed by atoms with Crippen LogP contribution >= 0.6 is 0 Å². The lowest BCUT2D eigenvalue weighted by atomic mass is 10.2. The molecule has 0 saturated carbocycles. The van der Waals surface area contributed by atoms with Crippen molar-refractivity contribution >= 4 is 17.7 Å². The molecule has 0 spiro atoms. The van der Waals surface area contributed by atoms with Crippen LogP contribution in [-0.2, 0) is 4.79 Å². The molecule has 0 atom stereocenters. The van der Waals surface area contributed by atoms with Gasteiger partial charge in [0.15, 0.2) is 0 Å². The zero-order chi connectivity index (χ0) is 19.6. The van der Waals surface area contributed by atoms with Crippen molar-refractivity contribution in [1.29, 1.82) is 0 Å². The third-order valence-corrected chi connectivity index (χ3v) is 5.12. The maximum Gasteiger partial charge on any atom is 0.224 e. The van der Waals surface area contributed by atoms with Crippen molar-refractivity contribution < 1.29 is 4.79 Å². The Morgan fingerprint density at radius 1 is 1.00 bits per heavy atom.